The van der Waals surface area contributed by atoms with Gasteiger partial charge in [-0.05, 0) is 19.4 Å². The molecule has 0 aromatic carbocycles. The van der Waals surface area contributed by atoms with Gasteiger partial charge in [-0.3, -0.25) is 4.52 Å². The van der Waals surface area contributed by atoms with E-state index in [-0.39, 0.29) is 11.5 Å². The van der Waals surface area contributed by atoms with Gasteiger partial charge in [0.15, 0.2) is 6.23 Å². The molecule has 0 spiro atoms. The van der Waals surface area contributed by atoms with Crippen molar-refractivity contribution in [3.8, 4) is 0 Å². The highest BCUT2D eigenvalue weighted by Gasteiger charge is 2.54. The third-order valence-corrected chi connectivity index (χ3v) is 8.46. The van der Waals surface area contributed by atoms with Crippen LogP contribution >= 0.6 is 23.5 Å². The fourth-order valence-electron chi connectivity index (χ4n) is 3.33. The van der Waals surface area contributed by atoms with Crippen LogP contribution < -0.4 is 5.73 Å². The largest absolute Gasteiger partial charge is 0.490 e. The second kappa shape index (κ2) is 8.73. The van der Waals surface area contributed by atoms with Crippen LogP contribution in [-0.2, 0) is 31.6 Å². The lowest BCUT2D eigenvalue weighted by Crippen LogP contribution is -2.44. The van der Waals surface area contributed by atoms with Crippen molar-refractivity contribution in [2.45, 2.75) is 37.9 Å². The summed E-state index contributed by atoms with van der Waals surface area (Å²) in [5.74, 6) is 0.165. The van der Waals surface area contributed by atoms with Gasteiger partial charge in [-0.25, -0.2) is 23.7 Å². The number of hydrogen-bond acceptors (Lipinski definition) is 12. The van der Waals surface area contributed by atoms with Crippen molar-refractivity contribution < 1.29 is 61.4 Å². The number of aliphatic hydroxyl groups is 2. The van der Waals surface area contributed by atoms with Gasteiger partial charge in [0.1, 0.15) is 35.6 Å². The molecule has 3 rings (SSSR count). The molecule has 1 aliphatic rings. The van der Waals surface area contributed by atoms with Crippen LogP contribution in [0, 0.1) is 6.92 Å². The number of nitrogens with two attached hydrogens (primary N) is 1. The van der Waals surface area contributed by atoms with Gasteiger partial charge < -0.3 is 44.8 Å². The lowest BCUT2D eigenvalue weighted by atomic mass is 9.96. The number of phosphoric ester groups is 1. The molecule has 1 aliphatic heterocycles. The number of aryl methyl sites for hydroxylation is 1. The predicted molar refractivity (Wildman–Crippen MR) is 107 cm³/mol. The first-order valence-electron chi connectivity index (χ1n) is 8.85. The minimum atomic E-state index is -5.71. The van der Waals surface area contributed by atoms with Crippen LogP contribution in [0.2, 0.25) is 0 Å². The molecular weight excluding hydrogens is 513 g/mol. The summed E-state index contributed by atoms with van der Waals surface area (Å²) in [4.78, 5) is 43.9. The average molecular weight is 534 g/mol. The first-order valence-corrected chi connectivity index (χ1v) is 13.4. The van der Waals surface area contributed by atoms with Gasteiger partial charge in [-0.15, -0.1) is 0 Å². The van der Waals surface area contributed by atoms with Gasteiger partial charge >= 0.3 is 23.5 Å². The zero-order valence-electron chi connectivity index (χ0n) is 16.9. The molecule has 33 heavy (non-hydrogen) atoms. The lowest BCUT2D eigenvalue weighted by molar-refractivity contribution is -0.0947. The molecule has 2 aromatic rings. The Kier molecular flexibility index (Phi) is 6.97. The highest BCUT2D eigenvalue weighted by Crippen LogP contribution is 2.66. The smallest absolute Gasteiger partial charge is 0.387 e. The molecular formula is C13H21N4O13P3. The predicted octanol–water partition coefficient (Wildman–Crippen LogP) is -0.325. The maximum absolute atomic E-state index is 11.9. The Morgan fingerprint density at radius 2 is 1.82 bits per heavy atom. The summed E-state index contributed by atoms with van der Waals surface area (Å²) < 4.78 is 52.7. The van der Waals surface area contributed by atoms with Crippen LogP contribution in [0.1, 0.15) is 18.7 Å². The average Bonchev–Trinajstić information content (AvgIpc) is 3.06. The number of nitrogens with zero attached hydrogens (tertiary/aromatic N) is 3. The quantitative estimate of drug-likeness (QED) is 0.214. The molecule has 0 bridgehead atoms. The molecule has 20 heteroatoms. The standard InChI is InChI=1S/C13H21N4O13P3/c1-6-3-17(11-8(6)10(14)15-5-16-11)12-13(2,19)9(18)7(28-12)4-27-32(23,24)30-33(25,26)29-31(20,21)22/h3,5,7,9,12,18-19H,4H2,1-2H3,(H,23,24)(H,25,26)(H2,14,15,16)(H2,20,21,22)/t7-,9-,12-,13-/m1/s1. The van der Waals surface area contributed by atoms with Gasteiger partial charge in [0, 0.05) is 6.20 Å². The molecule has 6 atom stereocenters. The first kappa shape index (κ1) is 26.3. The van der Waals surface area contributed by atoms with E-state index in [1.54, 1.807) is 6.92 Å². The fraction of sp³-hybridized carbons (Fsp3) is 0.538. The van der Waals surface area contributed by atoms with Crippen molar-refractivity contribution in [3.05, 3.63) is 18.1 Å². The third kappa shape index (κ3) is 5.69. The van der Waals surface area contributed by atoms with E-state index in [9.17, 15) is 33.7 Å². The number of fused-ring (bicyclic) bond motifs is 1. The van der Waals surface area contributed by atoms with E-state index in [0.29, 0.717) is 10.9 Å². The number of hydrogen-bond donors (Lipinski definition) is 7. The summed E-state index contributed by atoms with van der Waals surface area (Å²) in [7, 11) is -16.7. The second-order valence-corrected chi connectivity index (χ2v) is 11.7. The topological polar surface area (TPSA) is 266 Å². The van der Waals surface area contributed by atoms with Crippen LogP contribution in [0.15, 0.2) is 12.5 Å². The third-order valence-electron chi connectivity index (χ3n) is 4.65. The number of aromatic nitrogens is 3. The van der Waals surface area contributed by atoms with E-state index < -0.39 is 54.1 Å². The normalized spacial score (nSPS) is 29.8. The van der Waals surface area contributed by atoms with Crippen LogP contribution in [0.4, 0.5) is 5.82 Å². The summed E-state index contributed by atoms with van der Waals surface area (Å²) in [5, 5.41) is 21.8. The zero-order valence-corrected chi connectivity index (χ0v) is 19.6. The summed E-state index contributed by atoms with van der Waals surface area (Å²) >= 11 is 0. The highest BCUT2D eigenvalue weighted by molar-refractivity contribution is 7.66. The van der Waals surface area contributed by atoms with Crippen molar-refractivity contribution in [2.24, 2.45) is 0 Å². The van der Waals surface area contributed by atoms with Gasteiger partial charge in [-0.2, -0.15) is 8.62 Å². The van der Waals surface area contributed by atoms with E-state index in [2.05, 4.69) is 23.1 Å². The summed E-state index contributed by atoms with van der Waals surface area (Å²) in [6.45, 7) is 1.97. The van der Waals surface area contributed by atoms with E-state index >= 15 is 0 Å². The van der Waals surface area contributed by atoms with Gasteiger partial charge in [0.05, 0.1) is 12.0 Å². The Hall–Kier alpha value is -1.29. The molecule has 8 N–H and O–H groups in total. The monoisotopic (exact) mass is 534 g/mol. The summed E-state index contributed by atoms with van der Waals surface area (Å²) in [6, 6.07) is 0. The Bertz CT molecular complexity index is 1200. The van der Waals surface area contributed by atoms with Crippen molar-refractivity contribution in [1.29, 1.82) is 0 Å². The number of rotatable bonds is 8. The highest BCUT2D eigenvalue weighted by atomic mass is 31.3. The van der Waals surface area contributed by atoms with Crippen molar-refractivity contribution >= 4 is 40.3 Å². The minimum absolute atomic E-state index is 0.165. The molecule has 0 amide bonds. The molecule has 2 unspecified atom stereocenters. The van der Waals surface area contributed by atoms with Crippen molar-refractivity contribution in [1.82, 2.24) is 14.5 Å². The zero-order chi connectivity index (χ0) is 25.0. The van der Waals surface area contributed by atoms with Gasteiger partial charge in [0.25, 0.3) is 0 Å². The van der Waals surface area contributed by atoms with Crippen molar-refractivity contribution in [3.63, 3.8) is 0 Å². The van der Waals surface area contributed by atoms with E-state index in [4.69, 9.17) is 20.3 Å². The Balaban J connectivity index is 1.78. The fourth-order valence-corrected chi connectivity index (χ4v) is 6.36. The Morgan fingerprint density at radius 1 is 1.18 bits per heavy atom. The summed E-state index contributed by atoms with van der Waals surface area (Å²) in [5.41, 5.74) is 4.78. The second-order valence-electron chi connectivity index (χ2n) is 7.26. The number of aliphatic hydroxyl groups excluding tert-OH is 1. The Morgan fingerprint density at radius 3 is 2.42 bits per heavy atom. The molecule has 186 valence electrons. The lowest BCUT2D eigenvalue weighted by Gasteiger charge is -2.27. The maximum atomic E-state index is 11.9. The number of anilines is 1. The van der Waals surface area contributed by atoms with Crippen molar-refractivity contribution in [2.75, 3.05) is 12.3 Å². The van der Waals surface area contributed by atoms with Gasteiger partial charge in [0.2, 0.25) is 0 Å². The molecule has 0 saturated carbocycles. The Labute approximate surface area is 185 Å². The molecule has 2 aromatic heterocycles. The maximum Gasteiger partial charge on any atom is 0.490 e. The van der Waals surface area contributed by atoms with Crippen LogP contribution in [-0.4, -0.2) is 68.7 Å². The number of nitrogen functional groups attached to an aromatic ring is 1. The van der Waals surface area contributed by atoms with Gasteiger partial charge in [-0.1, -0.05) is 0 Å². The SMILES string of the molecule is Cc1cn([C@@H]2O[C@H](COP(=O)(O)OP(=O)(O)OP(=O)(O)O)[C@@H](O)[C@@]2(C)O)c2ncnc(N)c12. The molecule has 17 nitrogen and oxygen atoms in total. The first-order chi connectivity index (χ1) is 14.9. The summed E-state index contributed by atoms with van der Waals surface area (Å²) in [6.07, 6.45) is -1.74. The number of ether oxygens (including phenoxy) is 1. The number of phosphoric acid groups is 3. The minimum Gasteiger partial charge on any atom is -0.387 e. The van der Waals surface area contributed by atoms with E-state index in [1.165, 1.54) is 24.0 Å². The molecule has 3 heterocycles. The molecule has 0 radical (unpaired) electrons. The molecule has 1 fully saturated rings. The van der Waals surface area contributed by atoms with E-state index in [1.807, 2.05) is 0 Å². The molecule has 0 aliphatic carbocycles. The molecule has 1 saturated heterocycles. The van der Waals surface area contributed by atoms with E-state index in [0.717, 1.165) is 0 Å². The van der Waals surface area contributed by atoms with Crippen LogP contribution in [0.5, 0.6) is 0 Å². The van der Waals surface area contributed by atoms with Crippen LogP contribution in [0.3, 0.4) is 0 Å². The van der Waals surface area contributed by atoms with Crippen LogP contribution in [0.25, 0.3) is 11.0 Å².